The first-order valence-electron chi connectivity index (χ1n) is 9.85. The molecule has 0 aromatic rings. The van der Waals surface area contributed by atoms with Gasteiger partial charge in [-0.25, -0.2) is 0 Å². The van der Waals surface area contributed by atoms with Crippen LogP contribution in [0.4, 0.5) is 0 Å². The molecule has 1 N–H and O–H groups in total. The van der Waals surface area contributed by atoms with Crippen LogP contribution in [0.3, 0.4) is 0 Å². The van der Waals surface area contributed by atoms with Gasteiger partial charge in [0.1, 0.15) is 0 Å². The molecule has 128 valence electrons. The zero-order chi connectivity index (χ0) is 16.4. The highest BCUT2D eigenvalue weighted by Crippen LogP contribution is 2.64. The summed E-state index contributed by atoms with van der Waals surface area (Å²) in [7, 11) is 0. The predicted molar refractivity (Wildman–Crippen MR) is 91.9 cm³/mol. The summed E-state index contributed by atoms with van der Waals surface area (Å²) < 4.78 is 0. The lowest BCUT2D eigenvalue weighted by Gasteiger charge is -2.56. The Hall–Kier alpha value is -0.630. The van der Waals surface area contributed by atoms with Gasteiger partial charge in [-0.3, -0.25) is 4.79 Å². The van der Waals surface area contributed by atoms with E-state index < -0.39 is 0 Å². The third-order valence-electron chi connectivity index (χ3n) is 8.58. The minimum absolute atomic E-state index is 0.0969. The summed E-state index contributed by atoms with van der Waals surface area (Å²) in [6.07, 6.45) is 11.0. The van der Waals surface area contributed by atoms with E-state index in [0.717, 1.165) is 25.7 Å². The highest BCUT2D eigenvalue weighted by Gasteiger charge is 2.59. The maximum absolute atomic E-state index is 13.2. The molecule has 0 bridgehead atoms. The quantitative estimate of drug-likeness (QED) is 0.772. The van der Waals surface area contributed by atoms with Crippen LogP contribution in [0.15, 0.2) is 11.6 Å². The molecule has 4 aliphatic carbocycles. The highest BCUT2D eigenvalue weighted by molar-refractivity contribution is 5.97. The maximum atomic E-state index is 13.2. The second kappa shape index (κ2) is 5.18. The van der Waals surface area contributed by atoms with Crippen LogP contribution in [0, 0.1) is 34.5 Å². The molecule has 3 saturated carbocycles. The lowest BCUT2D eigenvalue weighted by atomic mass is 9.48. The Labute approximate surface area is 140 Å². The Balaban J connectivity index is 1.74. The highest BCUT2D eigenvalue weighted by atomic mass is 16.3. The summed E-state index contributed by atoms with van der Waals surface area (Å²) in [5, 5.41) is 10.1. The monoisotopic (exact) mass is 316 g/mol. The number of aliphatic hydroxyl groups is 1. The number of hydrogen-bond donors (Lipinski definition) is 1. The number of allylic oxidation sites excluding steroid dienone is 2. The van der Waals surface area contributed by atoms with Crippen molar-refractivity contribution in [2.24, 2.45) is 34.5 Å². The van der Waals surface area contributed by atoms with E-state index >= 15 is 0 Å². The Morgan fingerprint density at radius 2 is 1.96 bits per heavy atom. The molecule has 23 heavy (non-hydrogen) atoms. The van der Waals surface area contributed by atoms with Gasteiger partial charge in [0, 0.05) is 5.41 Å². The summed E-state index contributed by atoms with van der Waals surface area (Å²) in [6.45, 7) is 6.92. The molecule has 3 fully saturated rings. The van der Waals surface area contributed by atoms with Crippen LogP contribution in [0.5, 0.6) is 0 Å². The van der Waals surface area contributed by atoms with Crippen LogP contribution in [-0.2, 0) is 4.79 Å². The summed E-state index contributed by atoms with van der Waals surface area (Å²) in [6, 6.07) is 0. The van der Waals surface area contributed by atoms with Gasteiger partial charge >= 0.3 is 0 Å². The van der Waals surface area contributed by atoms with Crippen molar-refractivity contribution in [1.29, 1.82) is 0 Å². The van der Waals surface area contributed by atoms with Crippen LogP contribution < -0.4 is 0 Å². The largest absolute Gasteiger partial charge is 0.393 e. The van der Waals surface area contributed by atoms with Gasteiger partial charge in [0.25, 0.3) is 0 Å². The predicted octanol–water partition coefficient (Wildman–Crippen LogP) is 4.52. The fourth-order valence-electron chi connectivity index (χ4n) is 7.05. The molecular formula is C21H32O2. The first-order valence-corrected chi connectivity index (χ1v) is 9.85. The molecule has 0 spiro atoms. The van der Waals surface area contributed by atoms with Crippen molar-refractivity contribution < 1.29 is 9.90 Å². The van der Waals surface area contributed by atoms with Crippen molar-refractivity contribution in [3.8, 4) is 0 Å². The third kappa shape index (κ3) is 2.00. The second-order valence-electron chi connectivity index (χ2n) is 9.26. The number of hydrogen-bond acceptors (Lipinski definition) is 2. The topological polar surface area (TPSA) is 37.3 Å². The van der Waals surface area contributed by atoms with Crippen LogP contribution >= 0.6 is 0 Å². The average molecular weight is 316 g/mol. The smallest absolute Gasteiger partial charge is 0.162 e. The van der Waals surface area contributed by atoms with Crippen molar-refractivity contribution >= 4 is 5.78 Å². The Bertz CT molecular complexity index is 550. The molecule has 0 aromatic carbocycles. The molecule has 7 atom stereocenters. The average Bonchev–Trinajstić information content (AvgIpc) is 2.87. The van der Waals surface area contributed by atoms with E-state index in [-0.39, 0.29) is 16.9 Å². The van der Waals surface area contributed by atoms with Gasteiger partial charge in [-0.05, 0) is 80.1 Å². The van der Waals surface area contributed by atoms with E-state index in [0.29, 0.717) is 29.5 Å². The summed E-state index contributed by atoms with van der Waals surface area (Å²) in [4.78, 5) is 13.2. The molecular weight excluding hydrogens is 284 g/mol. The Morgan fingerprint density at radius 3 is 2.70 bits per heavy atom. The van der Waals surface area contributed by atoms with Gasteiger partial charge in [-0.1, -0.05) is 32.8 Å². The summed E-state index contributed by atoms with van der Waals surface area (Å²) in [5.74, 6) is 2.78. The van der Waals surface area contributed by atoms with E-state index in [2.05, 4.69) is 26.8 Å². The van der Waals surface area contributed by atoms with Crippen LogP contribution in [0.25, 0.3) is 0 Å². The molecule has 0 amide bonds. The van der Waals surface area contributed by atoms with Crippen molar-refractivity contribution in [3.63, 3.8) is 0 Å². The SMILES string of the molecule is CCC1CCC2C3CC[C@@H]4C[C@H](O)CC[C@]4(C)C3=CC(=O)[C@]12C. The van der Waals surface area contributed by atoms with Gasteiger partial charge in [-0.15, -0.1) is 0 Å². The molecule has 3 unspecified atom stereocenters. The van der Waals surface area contributed by atoms with Gasteiger partial charge in [0.05, 0.1) is 6.10 Å². The van der Waals surface area contributed by atoms with Crippen LogP contribution in [0.1, 0.15) is 72.1 Å². The normalized spacial score (nSPS) is 52.4. The van der Waals surface area contributed by atoms with Crippen molar-refractivity contribution in [2.75, 3.05) is 0 Å². The molecule has 0 radical (unpaired) electrons. The van der Waals surface area contributed by atoms with E-state index in [9.17, 15) is 9.90 Å². The standard InChI is InChI=1S/C21H32O2/c1-4-13-6-8-17-16-7-5-14-11-15(22)9-10-20(14,2)18(16)12-19(23)21(13,17)3/h12-17,22H,4-11H2,1-3H3/t13?,14-,15-,16?,17?,20+,21-/m1/s1. The summed E-state index contributed by atoms with van der Waals surface area (Å²) >= 11 is 0. The lowest BCUT2D eigenvalue weighted by Crippen LogP contribution is -2.51. The van der Waals surface area contributed by atoms with Crippen molar-refractivity contribution in [1.82, 2.24) is 0 Å². The molecule has 0 saturated heterocycles. The van der Waals surface area contributed by atoms with Crippen LogP contribution in [0.2, 0.25) is 0 Å². The molecule has 2 nitrogen and oxygen atoms in total. The first kappa shape index (κ1) is 15.9. The Morgan fingerprint density at radius 1 is 1.17 bits per heavy atom. The maximum Gasteiger partial charge on any atom is 0.162 e. The van der Waals surface area contributed by atoms with E-state index in [4.69, 9.17) is 0 Å². The van der Waals surface area contributed by atoms with Crippen molar-refractivity contribution in [2.45, 2.75) is 78.2 Å². The first-order chi connectivity index (χ1) is 10.9. The number of carbonyl (C=O) groups excluding carboxylic acids is 1. The molecule has 0 aromatic heterocycles. The molecule has 4 rings (SSSR count). The summed E-state index contributed by atoms with van der Waals surface area (Å²) in [5.41, 5.74) is 1.55. The molecule has 0 aliphatic heterocycles. The van der Waals surface area contributed by atoms with Gasteiger partial charge < -0.3 is 5.11 Å². The fourth-order valence-corrected chi connectivity index (χ4v) is 7.05. The minimum Gasteiger partial charge on any atom is -0.393 e. The number of fused-ring (bicyclic) bond motifs is 5. The van der Waals surface area contributed by atoms with Gasteiger partial charge in [0.2, 0.25) is 0 Å². The number of aliphatic hydroxyl groups excluding tert-OH is 1. The Kier molecular flexibility index (Phi) is 3.58. The molecule has 4 aliphatic rings. The van der Waals surface area contributed by atoms with Gasteiger partial charge in [0.15, 0.2) is 5.78 Å². The van der Waals surface area contributed by atoms with E-state index in [1.807, 2.05) is 0 Å². The molecule has 2 heteroatoms. The van der Waals surface area contributed by atoms with E-state index in [1.165, 1.54) is 31.3 Å². The minimum atomic E-state index is -0.120. The van der Waals surface area contributed by atoms with Crippen molar-refractivity contribution in [3.05, 3.63) is 11.6 Å². The number of rotatable bonds is 1. The van der Waals surface area contributed by atoms with Gasteiger partial charge in [-0.2, -0.15) is 0 Å². The zero-order valence-corrected chi connectivity index (χ0v) is 15.0. The lowest BCUT2D eigenvalue weighted by molar-refractivity contribution is -0.131. The molecule has 0 heterocycles. The number of carbonyl (C=O) groups is 1. The fraction of sp³-hybridized carbons (Fsp3) is 0.857. The zero-order valence-electron chi connectivity index (χ0n) is 15.0. The van der Waals surface area contributed by atoms with Crippen LogP contribution in [-0.4, -0.2) is 17.0 Å². The third-order valence-corrected chi connectivity index (χ3v) is 8.58. The second-order valence-corrected chi connectivity index (χ2v) is 9.26. The van der Waals surface area contributed by atoms with E-state index in [1.54, 1.807) is 0 Å². The number of ketones is 1.